The summed E-state index contributed by atoms with van der Waals surface area (Å²) in [5.74, 6) is 1.25. The molecular weight excluding hydrogens is 280 g/mol. The molecule has 0 spiro atoms. The molecule has 0 aliphatic heterocycles. The molecule has 1 fully saturated rings. The zero-order chi connectivity index (χ0) is 15.7. The van der Waals surface area contributed by atoms with Crippen molar-refractivity contribution in [2.24, 2.45) is 0 Å². The van der Waals surface area contributed by atoms with Gasteiger partial charge in [0.05, 0.1) is 19.9 Å². The molecule has 5 heteroatoms. The number of pyridine rings is 1. The Labute approximate surface area is 128 Å². The van der Waals surface area contributed by atoms with Crippen LogP contribution in [0.1, 0.15) is 24.4 Å². The molecule has 2 aromatic rings. The Hall–Kier alpha value is -2.74. The third-order valence-corrected chi connectivity index (χ3v) is 3.83. The number of hydrogen-bond donors (Lipinski definition) is 0. The van der Waals surface area contributed by atoms with E-state index in [0.29, 0.717) is 11.5 Å². The topological polar surface area (TPSA) is 64.2 Å². The van der Waals surface area contributed by atoms with E-state index >= 15 is 0 Å². The molecule has 112 valence electrons. The van der Waals surface area contributed by atoms with E-state index < -0.39 is 0 Å². The number of aromatic nitrogens is 1. The fourth-order valence-corrected chi connectivity index (χ4v) is 2.56. The predicted molar refractivity (Wildman–Crippen MR) is 82.2 cm³/mol. The third kappa shape index (κ3) is 2.33. The van der Waals surface area contributed by atoms with Gasteiger partial charge < -0.3 is 14.0 Å². The van der Waals surface area contributed by atoms with Crippen molar-refractivity contribution in [2.45, 2.75) is 18.9 Å². The molecule has 3 rings (SSSR count). The summed E-state index contributed by atoms with van der Waals surface area (Å²) in [6.45, 7) is 0. The molecule has 0 bridgehead atoms. The third-order valence-electron chi connectivity index (χ3n) is 3.83. The van der Waals surface area contributed by atoms with Crippen molar-refractivity contribution in [1.29, 1.82) is 5.26 Å². The number of benzene rings is 1. The highest BCUT2D eigenvalue weighted by molar-refractivity contribution is 5.65. The largest absolute Gasteiger partial charge is 0.493 e. The molecule has 22 heavy (non-hydrogen) atoms. The SMILES string of the molecule is COc1ccc(-c2ccc(C#N)c(=O)n2C2CC2)cc1OC. The molecule has 1 aromatic heterocycles. The van der Waals surface area contributed by atoms with Gasteiger partial charge in [-0.2, -0.15) is 5.26 Å². The van der Waals surface area contributed by atoms with Crippen molar-refractivity contribution >= 4 is 0 Å². The van der Waals surface area contributed by atoms with Gasteiger partial charge in [0.2, 0.25) is 0 Å². The minimum absolute atomic E-state index is 0.177. The van der Waals surface area contributed by atoms with E-state index in [4.69, 9.17) is 14.7 Å². The lowest BCUT2D eigenvalue weighted by Crippen LogP contribution is -2.23. The van der Waals surface area contributed by atoms with Crippen molar-refractivity contribution in [2.75, 3.05) is 14.2 Å². The lowest BCUT2D eigenvalue weighted by atomic mass is 10.1. The van der Waals surface area contributed by atoms with Crippen LogP contribution in [0.5, 0.6) is 11.5 Å². The highest BCUT2D eigenvalue weighted by atomic mass is 16.5. The summed E-state index contributed by atoms with van der Waals surface area (Å²) < 4.78 is 12.3. The van der Waals surface area contributed by atoms with E-state index in [2.05, 4.69) is 0 Å². The smallest absolute Gasteiger partial charge is 0.269 e. The maximum atomic E-state index is 12.4. The first-order valence-corrected chi connectivity index (χ1v) is 7.07. The molecule has 1 saturated carbocycles. The molecule has 0 amide bonds. The molecule has 1 aliphatic rings. The number of rotatable bonds is 4. The van der Waals surface area contributed by atoms with Gasteiger partial charge in [0, 0.05) is 11.6 Å². The maximum Gasteiger partial charge on any atom is 0.269 e. The molecule has 0 atom stereocenters. The summed E-state index contributed by atoms with van der Waals surface area (Å²) in [7, 11) is 3.16. The number of ether oxygens (including phenoxy) is 2. The van der Waals surface area contributed by atoms with E-state index in [1.165, 1.54) is 0 Å². The van der Waals surface area contributed by atoms with Crippen LogP contribution >= 0.6 is 0 Å². The summed E-state index contributed by atoms with van der Waals surface area (Å²) in [6.07, 6.45) is 1.93. The summed E-state index contributed by atoms with van der Waals surface area (Å²) in [6, 6.07) is 11.1. The molecule has 0 saturated heterocycles. The molecule has 0 radical (unpaired) electrons. The lowest BCUT2D eigenvalue weighted by molar-refractivity contribution is 0.355. The van der Waals surface area contributed by atoms with Crippen molar-refractivity contribution in [3.05, 3.63) is 46.2 Å². The Bertz CT molecular complexity index is 814. The van der Waals surface area contributed by atoms with Crippen LogP contribution < -0.4 is 15.0 Å². The van der Waals surface area contributed by atoms with E-state index in [-0.39, 0.29) is 17.2 Å². The normalized spacial score (nSPS) is 13.5. The van der Waals surface area contributed by atoms with E-state index in [1.54, 1.807) is 24.9 Å². The number of nitrogens with zero attached hydrogens (tertiary/aromatic N) is 2. The van der Waals surface area contributed by atoms with Crippen molar-refractivity contribution in [3.63, 3.8) is 0 Å². The predicted octanol–water partition coefficient (Wildman–Crippen LogP) is 2.74. The molecule has 1 heterocycles. The van der Waals surface area contributed by atoms with Crippen LogP contribution in [0.15, 0.2) is 35.1 Å². The highest BCUT2D eigenvalue weighted by Gasteiger charge is 2.28. The first-order chi connectivity index (χ1) is 10.7. The Morgan fingerprint density at radius 2 is 1.86 bits per heavy atom. The standard InChI is InChI=1S/C17H16N2O3/c1-21-15-8-4-11(9-16(15)22-2)14-7-3-12(10-18)17(20)19(14)13-5-6-13/h3-4,7-9,13H,5-6H2,1-2H3. The fourth-order valence-electron chi connectivity index (χ4n) is 2.56. The molecule has 0 unspecified atom stereocenters. The Morgan fingerprint density at radius 1 is 1.14 bits per heavy atom. The van der Waals surface area contributed by atoms with Crippen LogP contribution in [-0.4, -0.2) is 18.8 Å². The second kappa shape index (κ2) is 5.57. The Balaban J connectivity index is 2.19. The number of hydrogen-bond acceptors (Lipinski definition) is 4. The second-order valence-electron chi connectivity index (χ2n) is 5.22. The molecular formula is C17H16N2O3. The minimum atomic E-state index is -0.225. The van der Waals surface area contributed by atoms with Gasteiger partial charge >= 0.3 is 0 Å². The van der Waals surface area contributed by atoms with E-state index in [9.17, 15) is 4.79 Å². The van der Waals surface area contributed by atoms with Crippen molar-refractivity contribution in [1.82, 2.24) is 4.57 Å². The van der Waals surface area contributed by atoms with Gasteiger partial charge in [-0.1, -0.05) is 0 Å². The van der Waals surface area contributed by atoms with Crippen molar-refractivity contribution < 1.29 is 9.47 Å². The summed E-state index contributed by atoms with van der Waals surface area (Å²) in [5, 5.41) is 9.06. The van der Waals surface area contributed by atoms with Crippen molar-refractivity contribution in [3.8, 4) is 28.8 Å². The quantitative estimate of drug-likeness (QED) is 0.870. The number of methoxy groups -OCH3 is 2. The molecule has 1 aliphatic carbocycles. The summed E-state index contributed by atoms with van der Waals surface area (Å²) >= 11 is 0. The zero-order valence-corrected chi connectivity index (χ0v) is 12.5. The van der Waals surface area contributed by atoms with Gasteiger partial charge in [-0.3, -0.25) is 4.79 Å². The average molecular weight is 296 g/mol. The van der Waals surface area contributed by atoms with Gasteiger partial charge in [-0.25, -0.2) is 0 Å². The molecule has 1 aromatic carbocycles. The zero-order valence-electron chi connectivity index (χ0n) is 12.5. The Kier molecular flexibility index (Phi) is 3.60. The van der Waals surface area contributed by atoms with Crippen LogP contribution in [-0.2, 0) is 0 Å². The fraction of sp³-hybridized carbons (Fsp3) is 0.294. The summed E-state index contributed by atoms with van der Waals surface area (Å²) in [4.78, 5) is 12.4. The van der Waals surface area contributed by atoms with Gasteiger partial charge in [0.15, 0.2) is 11.5 Å². The molecule has 0 N–H and O–H groups in total. The van der Waals surface area contributed by atoms with Gasteiger partial charge in [-0.15, -0.1) is 0 Å². The first kappa shape index (κ1) is 14.2. The summed E-state index contributed by atoms with van der Waals surface area (Å²) in [5.41, 5.74) is 1.62. The van der Waals surface area contributed by atoms with Crippen LogP contribution in [0, 0.1) is 11.3 Å². The first-order valence-electron chi connectivity index (χ1n) is 7.07. The van der Waals surface area contributed by atoms with Crippen LogP contribution in [0.25, 0.3) is 11.3 Å². The maximum absolute atomic E-state index is 12.4. The average Bonchev–Trinajstić information content (AvgIpc) is 3.38. The highest BCUT2D eigenvalue weighted by Crippen LogP contribution is 2.38. The van der Waals surface area contributed by atoms with Crippen LogP contribution in [0.4, 0.5) is 0 Å². The van der Waals surface area contributed by atoms with Gasteiger partial charge in [0.25, 0.3) is 5.56 Å². The van der Waals surface area contributed by atoms with E-state index in [1.807, 2.05) is 30.3 Å². The van der Waals surface area contributed by atoms with Gasteiger partial charge in [0.1, 0.15) is 11.6 Å². The van der Waals surface area contributed by atoms with Crippen LogP contribution in [0.3, 0.4) is 0 Å². The van der Waals surface area contributed by atoms with Crippen LogP contribution in [0.2, 0.25) is 0 Å². The molecule has 5 nitrogen and oxygen atoms in total. The van der Waals surface area contributed by atoms with Gasteiger partial charge in [-0.05, 0) is 43.2 Å². The minimum Gasteiger partial charge on any atom is -0.493 e. The lowest BCUT2D eigenvalue weighted by Gasteiger charge is -2.14. The van der Waals surface area contributed by atoms with E-state index in [0.717, 1.165) is 24.1 Å². The second-order valence-corrected chi connectivity index (χ2v) is 5.22. The monoisotopic (exact) mass is 296 g/mol. The Morgan fingerprint density at radius 3 is 2.45 bits per heavy atom. The number of nitriles is 1.